The molecule has 1 heterocycles. The van der Waals surface area contributed by atoms with Gasteiger partial charge >= 0.3 is 0 Å². The van der Waals surface area contributed by atoms with Crippen LogP contribution in [0.3, 0.4) is 0 Å². The van der Waals surface area contributed by atoms with Crippen molar-refractivity contribution in [3.63, 3.8) is 0 Å². The monoisotopic (exact) mass is 362 g/mol. The van der Waals surface area contributed by atoms with E-state index in [0.717, 1.165) is 0 Å². The molecule has 0 aliphatic rings. The lowest BCUT2D eigenvalue weighted by atomic mass is 10.2. The zero-order valence-corrected chi connectivity index (χ0v) is 13.1. The molecule has 1 aromatic heterocycles. The minimum Gasteiger partial charge on any atom is -0.324 e. The summed E-state index contributed by atoms with van der Waals surface area (Å²) in [6.45, 7) is 2.87. The maximum absolute atomic E-state index is 13.9. The summed E-state index contributed by atoms with van der Waals surface area (Å²) in [7, 11) is 0. The van der Waals surface area contributed by atoms with Gasteiger partial charge < -0.3 is 10.3 Å². The van der Waals surface area contributed by atoms with Gasteiger partial charge in [-0.3, -0.25) is 0 Å². The van der Waals surface area contributed by atoms with Crippen LogP contribution in [0.1, 0.15) is 18.3 Å². The van der Waals surface area contributed by atoms with Gasteiger partial charge in [-0.25, -0.2) is 8.78 Å². The molecule has 0 bridgehead atoms. The smallest absolute Gasteiger partial charge is 0.191 e. The summed E-state index contributed by atoms with van der Waals surface area (Å²) in [6.07, 6.45) is 0. The molecule has 0 radical (unpaired) electrons. The van der Waals surface area contributed by atoms with E-state index in [1.807, 2.05) is 11.5 Å². The van der Waals surface area contributed by atoms with Gasteiger partial charge in [0.25, 0.3) is 0 Å². The molecule has 0 unspecified atom stereocenters. The fraction of sp³-hybridized carbons (Fsp3) is 0.333. The van der Waals surface area contributed by atoms with Crippen LogP contribution in [-0.4, -0.2) is 14.8 Å². The van der Waals surface area contributed by atoms with Gasteiger partial charge in [-0.1, -0.05) is 11.8 Å². The van der Waals surface area contributed by atoms with Gasteiger partial charge in [0.05, 0.1) is 11.0 Å². The van der Waals surface area contributed by atoms with E-state index in [4.69, 9.17) is 5.73 Å². The van der Waals surface area contributed by atoms with Gasteiger partial charge in [0, 0.05) is 17.9 Å². The Bertz CT molecular complexity index is 618. The molecule has 20 heavy (non-hydrogen) atoms. The summed E-state index contributed by atoms with van der Waals surface area (Å²) in [4.78, 5) is 0. The first-order valence-corrected chi connectivity index (χ1v) is 7.73. The number of nitrogens with two attached hydrogens (primary N) is 1. The fourth-order valence-corrected chi connectivity index (χ4v) is 3.13. The van der Waals surface area contributed by atoms with Gasteiger partial charge in [0.1, 0.15) is 17.5 Å². The van der Waals surface area contributed by atoms with Gasteiger partial charge in [0.15, 0.2) is 5.16 Å². The third-order valence-electron chi connectivity index (χ3n) is 2.78. The van der Waals surface area contributed by atoms with Crippen LogP contribution in [0.15, 0.2) is 21.8 Å². The molecule has 8 heteroatoms. The Kier molecular flexibility index (Phi) is 5.11. The van der Waals surface area contributed by atoms with Crippen molar-refractivity contribution < 1.29 is 8.78 Å². The Hall–Kier alpha value is -0.990. The van der Waals surface area contributed by atoms with Crippen LogP contribution in [0.25, 0.3) is 0 Å². The zero-order valence-electron chi connectivity index (χ0n) is 10.7. The van der Waals surface area contributed by atoms with E-state index in [1.165, 1.54) is 23.9 Å². The van der Waals surface area contributed by atoms with Crippen molar-refractivity contribution in [2.75, 3.05) is 0 Å². The predicted molar refractivity (Wildman–Crippen MR) is 77.2 cm³/mol. The summed E-state index contributed by atoms with van der Waals surface area (Å²) in [6, 6.07) is 2.58. The van der Waals surface area contributed by atoms with Crippen molar-refractivity contribution in [3.8, 4) is 0 Å². The standard InChI is InChI=1S/C12H13BrF2N4S/c1-2-19-10(5-16)17-18-12(19)20-6-7-9(14)4-3-8(13)11(7)15/h3-4H,2,5-6,16H2,1H3. The fourth-order valence-electron chi connectivity index (χ4n) is 1.73. The van der Waals surface area contributed by atoms with Crippen LogP contribution in [0.2, 0.25) is 0 Å². The molecule has 1 aromatic carbocycles. The van der Waals surface area contributed by atoms with Crippen LogP contribution < -0.4 is 5.73 Å². The highest BCUT2D eigenvalue weighted by atomic mass is 79.9. The first-order valence-electron chi connectivity index (χ1n) is 5.95. The Morgan fingerprint density at radius 3 is 2.75 bits per heavy atom. The van der Waals surface area contributed by atoms with E-state index in [1.54, 1.807) is 0 Å². The molecule has 4 nitrogen and oxygen atoms in total. The molecule has 2 N–H and O–H groups in total. The molecule has 0 saturated heterocycles. The molecule has 2 aromatic rings. The zero-order chi connectivity index (χ0) is 14.7. The maximum Gasteiger partial charge on any atom is 0.191 e. The lowest BCUT2D eigenvalue weighted by Gasteiger charge is -2.08. The Morgan fingerprint density at radius 2 is 2.10 bits per heavy atom. The molecule has 0 fully saturated rings. The van der Waals surface area contributed by atoms with E-state index in [9.17, 15) is 8.78 Å². The second-order valence-electron chi connectivity index (χ2n) is 3.96. The Labute approximate surface area is 127 Å². The summed E-state index contributed by atoms with van der Waals surface area (Å²) in [5, 5.41) is 8.55. The third kappa shape index (κ3) is 3.02. The second kappa shape index (κ2) is 6.64. The molecule has 0 saturated carbocycles. The Balaban J connectivity index is 2.21. The van der Waals surface area contributed by atoms with Crippen molar-refractivity contribution in [3.05, 3.63) is 39.6 Å². The van der Waals surface area contributed by atoms with Crippen LogP contribution in [0, 0.1) is 11.6 Å². The van der Waals surface area contributed by atoms with Crippen LogP contribution in [0.4, 0.5) is 8.78 Å². The topological polar surface area (TPSA) is 56.7 Å². The van der Waals surface area contributed by atoms with E-state index in [-0.39, 0.29) is 22.3 Å². The van der Waals surface area contributed by atoms with E-state index >= 15 is 0 Å². The van der Waals surface area contributed by atoms with Gasteiger partial charge in [-0.2, -0.15) is 0 Å². The van der Waals surface area contributed by atoms with Crippen molar-refractivity contribution in [1.82, 2.24) is 14.8 Å². The summed E-state index contributed by atoms with van der Waals surface area (Å²) in [5.41, 5.74) is 5.57. The number of rotatable bonds is 5. The van der Waals surface area contributed by atoms with Gasteiger partial charge in [-0.15, -0.1) is 10.2 Å². The quantitative estimate of drug-likeness (QED) is 0.655. The molecule has 0 amide bonds. The lowest BCUT2D eigenvalue weighted by Crippen LogP contribution is -2.08. The first-order chi connectivity index (χ1) is 9.58. The molecule has 0 aliphatic heterocycles. The van der Waals surface area contributed by atoms with Crippen LogP contribution in [0.5, 0.6) is 0 Å². The average molecular weight is 363 g/mol. The number of aromatic nitrogens is 3. The number of nitrogens with zero attached hydrogens (tertiary/aromatic N) is 3. The van der Waals surface area contributed by atoms with Crippen molar-refractivity contribution in [2.45, 2.75) is 30.9 Å². The van der Waals surface area contributed by atoms with Crippen molar-refractivity contribution >= 4 is 27.7 Å². The van der Waals surface area contributed by atoms with E-state index in [0.29, 0.717) is 17.5 Å². The third-order valence-corrected chi connectivity index (χ3v) is 4.38. The number of benzene rings is 1. The predicted octanol–water partition coefficient (Wildman–Crippen LogP) is 3.09. The number of hydrogen-bond donors (Lipinski definition) is 1. The van der Waals surface area contributed by atoms with Crippen LogP contribution in [-0.2, 0) is 18.8 Å². The minimum absolute atomic E-state index is 0.0179. The SMILES string of the molecule is CCn1c(CN)nnc1SCc1c(F)ccc(Br)c1F. The molecule has 108 valence electrons. The van der Waals surface area contributed by atoms with Crippen LogP contribution >= 0.6 is 27.7 Å². The van der Waals surface area contributed by atoms with E-state index < -0.39 is 11.6 Å². The first kappa shape index (κ1) is 15.4. The molecular formula is C12H13BrF2N4S. The molecule has 0 spiro atoms. The number of hydrogen-bond acceptors (Lipinski definition) is 4. The minimum atomic E-state index is -0.584. The normalized spacial score (nSPS) is 11.1. The molecule has 2 rings (SSSR count). The van der Waals surface area contributed by atoms with E-state index in [2.05, 4.69) is 26.1 Å². The van der Waals surface area contributed by atoms with Crippen molar-refractivity contribution in [2.24, 2.45) is 5.73 Å². The highest BCUT2D eigenvalue weighted by Crippen LogP contribution is 2.28. The van der Waals surface area contributed by atoms with Crippen molar-refractivity contribution in [1.29, 1.82) is 0 Å². The van der Waals surface area contributed by atoms with Gasteiger partial charge in [-0.05, 0) is 35.0 Å². The molecule has 0 atom stereocenters. The largest absolute Gasteiger partial charge is 0.324 e. The maximum atomic E-state index is 13.9. The highest BCUT2D eigenvalue weighted by Gasteiger charge is 2.15. The summed E-state index contributed by atoms with van der Waals surface area (Å²) >= 11 is 4.28. The van der Waals surface area contributed by atoms with Gasteiger partial charge in [0.2, 0.25) is 0 Å². The molecule has 0 aliphatic carbocycles. The lowest BCUT2D eigenvalue weighted by molar-refractivity contribution is 0.561. The Morgan fingerprint density at radius 1 is 1.35 bits per heavy atom. The number of halogens is 3. The average Bonchev–Trinajstić information content (AvgIpc) is 2.85. The number of thioether (sulfide) groups is 1. The molecular weight excluding hydrogens is 350 g/mol. The highest BCUT2D eigenvalue weighted by molar-refractivity contribution is 9.10. The summed E-state index contributed by atoms with van der Waals surface area (Å²) in [5.74, 6) is -0.357. The summed E-state index contributed by atoms with van der Waals surface area (Å²) < 4.78 is 29.6. The second-order valence-corrected chi connectivity index (χ2v) is 5.75.